The molecule has 2 aromatic heterocycles. The highest BCUT2D eigenvalue weighted by Crippen LogP contribution is 2.34. The second-order valence-corrected chi connectivity index (χ2v) is 5.23. The van der Waals surface area contributed by atoms with Crippen molar-refractivity contribution in [2.45, 2.75) is 12.7 Å². The van der Waals surface area contributed by atoms with E-state index in [1.54, 1.807) is 17.6 Å². The van der Waals surface area contributed by atoms with Gasteiger partial charge in [-0.25, -0.2) is 4.98 Å². The van der Waals surface area contributed by atoms with Gasteiger partial charge in [0, 0.05) is 16.0 Å². The first kappa shape index (κ1) is 10.9. The number of nitrogens with zero attached hydrogens (tertiary/aromatic N) is 1. The zero-order valence-electron chi connectivity index (χ0n) is 9.30. The van der Waals surface area contributed by atoms with E-state index in [0.717, 1.165) is 33.0 Å². The van der Waals surface area contributed by atoms with Crippen LogP contribution in [-0.4, -0.2) is 4.98 Å². The van der Waals surface area contributed by atoms with E-state index in [2.05, 4.69) is 23.7 Å². The molecule has 0 atom stereocenters. The summed E-state index contributed by atoms with van der Waals surface area (Å²) in [7, 11) is 0. The smallest absolute Gasteiger partial charge is 0.134 e. The van der Waals surface area contributed by atoms with Crippen molar-refractivity contribution in [1.82, 2.24) is 4.98 Å². The standard InChI is InChI=1S/C13H11NOS2/c1-8-12(7-16)17-13(14-8)10-6-15-11-5-3-2-4-9(10)11/h2-6,16H,7H2,1H3. The molecule has 1 aromatic carbocycles. The highest BCUT2D eigenvalue weighted by atomic mass is 32.1. The summed E-state index contributed by atoms with van der Waals surface area (Å²) in [5.41, 5.74) is 3.04. The summed E-state index contributed by atoms with van der Waals surface area (Å²) in [5.74, 6) is 0.735. The van der Waals surface area contributed by atoms with Gasteiger partial charge in [0.1, 0.15) is 16.9 Å². The molecule has 3 rings (SSSR count). The normalized spacial score (nSPS) is 11.2. The number of hydrogen-bond donors (Lipinski definition) is 1. The van der Waals surface area contributed by atoms with Gasteiger partial charge in [0.15, 0.2) is 0 Å². The van der Waals surface area contributed by atoms with Crippen LogP contribution in [0.1, 0.15) is 10.6 Å². The molecule has 3 aromatic rings. The van der Waals surface area contributed by atoms with Gasteiger partial charge in [0.25, 0.3) is 0 Å². The molecule has 0 radical (unpaired) electrons. The zero-order valence-corrected chi connectivity index (χ0v) is 11.0. The van der Waals surface area contributed by atoms with Gasteiger partial charge < -0.3 is 4.42 Å². The number of hydrogen-bond acceptors (Lipinski definition) is 4. The molecule has 0 amide bonds. The second-order valence-electron chi connectivity index (χ2n) is 3.83. The summed E-state index contributed by atoms with van der Waals surface area (Å²) in [6.07, 6.45) is 1.78. The minimum atomic E-state index is 0.735. The van der Waals surface area contributed by atoms with E-state index in [9.17, 15) is 0 Å². The summed E-state index contributed by atoms with van der Waals surface area (Å²) >= 11 is 6.00. The number of aryl methyl sites for hydroxylation is 1. The van der Waals surface area contributed by atoms with E-state index in [1.807, 2.05) is 25.1 Å². The lowest BCUT2D eigenvalue weighted by atomic mass is 10.2. The Bertz CT molecular complexity index is 669. The maximum absolute atomic E-state index is 5.53. The first-order valence-electron chi connectivity index (χ1n) is 5.33. The van der Waals surface area contributed by atoms with E-state index in [-0.39, 0.29) is 0 Å². The van der Waals surface area contributed by atoms with Crippen LogP contribution < -0.4 is 0 Å². The van der Waals surface area contributed by atoms with Crippen molar-refractivity contribution in [3.05, 3.63) is 41.1 Å². The van der Waals surface area contributed by atoms with Gasteiger partial charge in [-0.05, 0) is 13.0 Å². The van der Waals surface area contributed by atoms with Crippen LogP contribution in [0.25, 0.3) is 21.5 Å². The molecule has 2 heterocycles. The topological polar surface area (TPSA) is 26.0 Å². The molecule has 0 aliphatic rings. The molecular formula is C13H11NOS2. The molecule has 86 valence electrons. The van der Waals surface area contributed by atoms with E-state index in [4.69, 9.17) is 4.42 Å². The van der Waals surface area contributed by atoms with Gasteiger partial charge in [-0.1, -0.05) is 18.2 Å². The second kappa shape index (κ2) is 4.20. The van der Waals surface area contributed by atoms with Crippen molar-refractivity contribution in [3.8, 4) is 10.6 Å². The molecule has 0 aliphatic carbocycles. The van der Waals surface area contributed by atoms with Gasteiger partial charge in [-0.2, -0.15) is 12.6 Å². The number of benzene rings is 1. The van der Waals surface area contributed by atoms with Gasteiger partial charge in [-0.15, -0.1) is 11.3 Å². The van der Waals surface area contributed by atoms with Gasteiger partial charge in [-0.3, -0.25) is 0 Å². The molecule has 0 spiro atoms. The molecule has 0 saturated heterocycles. The Labute approximate surface area is 109 Å². The van der Waals surface area contributed by atoms with E-state index >= 15 is 0 Å². The fraction of sp³-hybridized carbons (Fsp3) is 0.154. The highest BCUT2D eigenvalue weighted by Gasteiger charge is 2.13. The monoisotopic (exact) mass is 261 g/mol. The lowest BCUT2D eigenvalue weighted by Crippen LogP contribution is -1.77. The number of thiazole rings is 1. The summed E-state index contributed by atoms with van der Waals surface area (Å²) in [4.78, 5) is 5.80. The van der Waals surface area contributed by atoms with Crippen LogP contribution in [0.5, 0.6) is 0 Å². The first-order valence-corrected chi connectivity index (χ1v) is 6.78. The van der Waals surface area contributed by atoms with Crippen LogP contribution in [0.3, 0.4) is 0 Å². The lowest BCUT2D eigenvalue weighted by molar-refractivity contribution is 0.617. The van der Waals surface area contributed by atoms with Crippen molar-refractivity contribution in [1.29, 1.82) is 0 Å². The van der Waals surface area contributed by atoms with Gasteiger partial charge >= 0.3 is 0 Å². The van der Waals surface area contributed by atoms with Gasteiger partial charge in [0.05, 0.1) is 11.3 Å². The number of rotatable bonds is 2. The van der Waals surface area contributed by atoms with Gasteiger partial charge in [0.2, 0.25) is 0 Å². The Hall–Kier alpha value is -1.26. The average Bonchev–Trinajstić information content (AvgIpc) is 2.92. The Morgan fingerprint density at radius 1 is 1.35 bits per heavy atom. The predicted molar refractivity (Wildman–Crippen MR) is 74.7 cm³/mol. The number of furan rings is 1. The minimum Gasteiger partial charge on any atom is -0.464 e. The van der Waals surface area contributed by atoms with Crippen LogP contribution in [0.2, 0.25) is 0 Å². The maximum atomic E-state index is 5.53. The predicted octanol–water partition coefficient (Wildman–Crippen LogP) is 4.29. The molecule has 2 nitrogen and oxygen atoms in total. The SMILES string of the molecule is Cc1nc(-c2coc3ccccc23)sc1CS. The van der Waals surface area contributed by atoms with Crippen molar-refractivity contribution < 1.29 is 4.42 Å². The molecule has 0 unspecified atom stereocenters. The van der Waals surface area contributed by atoms with E-state index in [0.29, 0.717) is 0 Å². The molecule has 17 heavy (non-hydrogen) atoms. The van der Waals surface area contributed by atoms with Crippen molar-refractivity contribution in [2.75, 3.05) is 0 Å². The molecule has 0 N–H and O–H groups in total. The summed E-state index contributed by atoms with van der Waals surface area (Å²) in [6, 6.07) is 8.02. The number of para-hydroxylation sites is 1. The quantitative estimate of drug-likeness (QED) is 0.696. The Kier molecular flexibility index (Phi) is 2.68. The number of thiol groups is 1. The Morgan fingerprint density at radius 2 is 2.18 bits per heavy atom. The summed E-state index contributed by atoms with van der Waals surface area (Å²) in [5, 5.41) is 2.13. The van der Waals surface area contributed by atoms with E-state index in [1.165, 1.54) is 4.88 Å². The van der Waals surface area contributed by atoms with Crippen molar-refractivity contribution >= 4 is 34.9 Å². The number of aromatic nitrogens is 1. The molecule has 0 saturated carbocycles. The molecule has 0 aliphatic heterocycles. The summed E-state index contributed by atoms with van der Waals surface area (Å²) in [6.45, 7) is 2.02. The van der Waals surface area contributed by atoms with Crippen LogP contribution >= 0.6 is 24.0 Å². The van der Waals surface area contributed by atoms with Crippen molar-refractivity contribution in [3.63, 3.8) is 0 Å². The highest BCUT2D eigenvalue weighted by molar-refractivity contribution is 7.79. The van der Waals surface area contributed by atoms with Crippen LogP contribution in [0.15, 0.2) is 34.9 Å². The average molecular weight is 261 g/mol. The lowest BCUT2D eigenvalue weighted by Gasteiger charge is -1.90. The fourth-order valence-electron chi connectivity index (χ4n) is 1.83. The molecule has 4 heteroatoms. The van der Waals surface area contributed by atoms with Crippen LogP contribution in [0.4, 0.5) is 0 Å². The molecule has 0 fully saturated rings. The molecular weight excluding hydrogens is 250 g/mol. The minimum absolute atomic E-state index is 0.735. The largest absolute Gasteiger partial charge is 0.464 e. The number of fused-ring (bicyclic) bond motifs is 1. The Balaban J connectivity index is 2.20. The van der Waals surface area contributed by atoms with E-state index < -0.39 is 0 Å². The molecule has 0 bridgehead atoms. The fourth-order valence-corrected chi connectivity index (χ4v) is 3.20. The maximum Gasteiger partial charge on any atom is 0.134 e. The third kappa shape index (κ3) is 1.77. The van der Waals surface area contributed by atoms with Crippen molar-refractivity contribution in [2.24, 2.45) is 0 Å². The Morgan fingerprint density at radius 3 is 2.94 bits per heavy atom. The van der Waals surface area contributed by atoms with Crippen LogP contribution in [-0.2, 0) is 5.75 Å². The third-order valence-corrected chi connectivity index (χ3v) is 4.47. The first-order chi connectivity index (χ1) is 8.29. The third-order valence-electron chi connectivity index (χ3n) is 2.75. The summed E-state index contributed by atoms with van der Waals surface area (Å²) < 4.78 is 5.53. The zero-order chi connectivity index (χ0) is 11.8. The van der Waals surface area contributed by atoms with Crippen LogP contribution in [0, 0.1) is 6.92 Å².